The van der Waals surface area contributed by atoms with E-state index in [4.69, 9.17) is 4.98 Å². The van der Waals surface area contributed by atoms with Gasteiger partial charge in [-0.3, -0.25) is 4.98 Å². The first-order valence-electron chi connectivity index (χ1n) is 8.39. The van der Waals surface area contributed by atoms with Gasteiger partial charge in [-0.15, -0.1) is 11.3 Å². The lowest BCUT2D eigenvalue weighted by Gasteiger charge is -2.23. The Morgan fingerprint density at radius 2 is 1.52 bits per heavy atom. The van der Waals surface area contributed by atoms with Crippen LogP contribution >= 0.6 is 11.3 Å². The van der Waals surface area contributed by atoms with E-state index in [0.29, 0.717) is 5.41 Å². The van der Waals surface area contributed by atoms with Crippen LogP contribution in [-0.2, 0) is 6.42 Å². The van der Waals surface area contributed by atoms with Gasteiger partial charge in [-0.05, 0) is 79.8 Å². The van der Waals surface area contributed by atoms with Crippen molar-refractivity contribution in [1.29, 1.82) is 0 Å². The molecule has 0 aliphatic heterocycles. The molecule has 0 aliphatic carbocycles. The van der Waals surface area contributed by atoms with Crippen molar-refractivity contribution in [2.75, 3.05) is 0 Å². The van der Waals surface area contributed by atoms with Crippen LogP contribution in [0.3, 0.4) is 0 Å². The molecule has 2 aromatic heterocycles. The Morgan fingerprint density at radius 3 is 2.13 bits per heavy atom. The minimum absolute atomic E-state index is 0.293. The number of fused-ring (bicyclic) bond motifs is 3. The lowest BCUT2D eigenvalue weighted by Crippen LogP contribution is -2.12. The zero-order chi connectivity index (χ0) is 17.1. The van der Waals surface area contributed by atoms with Crippen LogP contribution in [0.4, 0.5) is 0 Å². The Bertz CT molecular complexity index is 923. The second-order valence-electron chi connectivity index (χ2n) is 8.14. The fourth-order valence-corrected chi connectivity index (χ4v) is 4.90. The van der Waals surface area contributed by atoms with E-state index in [2.05, 4.69) is 55.4 Å². The second kappa shape index (κ2) is 5.31. The Balaban J connectivity index is 2.46. The summed E-state index contributed by atoms with van der Waals surface area (Å²) in [5, 5.41) is 1.38. The van der Waals surface area contributed by atoms with Crippen molar-refractivity contribution in [3.05, 3.63) is 39.6 Å². The van der Waals surface area contributed by atoms with Gasteiger partial charge < -0.3 is 0 Å². The van der Waals surface area contributed by atoms with Gasteiger partial charge in [-0.2, -0.15) is 0 Å². The fraction of sp³-hybridized carbons (Fsp3) is 0.476. The average molecular weight is 326 g/mol. The molecule has 1 aromatic carbocycles. The predicted molar refractivity (Wildman–Crippen MR) is 104 cm³/mol. The van der Waals surface area contributed by atoms with E-state index in [1.807, 2.05) is 17.5 Å². The van der Waals surface area contributed by atoms with Crippen LogP contribution in [0.15, 0.2) is 6.20 Å². The van der Waals surface area contributed by atoms with Gasteiger partial charge in [0.25, 0.3) is 0 Å². The molecule has 0 unspecified atom stereocenters. The first-order valence-corrected chi connectivity index (χ1v) is 9.20. The van der Waals surface area contributed by atoms with E-state index >= 15 is 0 Å². The zero-order valence-electron chi connectivity index (χ0n) is 15.6. The number of hydrogen-bond acceptors (Lipinski definition) is 2. The summed E-state index contributed by atoms with van der Waals surface area (Å²) in [6.45, 7) is 18.2. The topological polar surface area (TPSA) is 12.9 Å². The average Bonchev–Trinajstić information content (AvgIpc) is 2.84. The Labute approximate surface area is 143 Å². The SMILES string of the molecule is Cc1cnc2c(sc3c(C)c(C)c(CC(C)(C)C)c(C)c32)c1C. The molecule has 0 aliphatic rings. The lowest BCUT2D eigenvalue weighted by molar-refractivity contribution is 0.409. The van der Waals surface area contributed by atoms with Crippen molar-refractivity contribution in [2.45, 2.75) is 61.8 Å². The largest absolute Gasteiger partial charge is 0.254 e. The van der Waals surface area contributed by atoms with Gasteiger partial charge in [0.1, 0.15) is 0 Å². The molecule has 3 aromatic rings. The summed E-state index contributed by atoms with van der Waals surface area (Å²) < 4.78 is 2.78. The van der Waals surface area contributed by atoms with Crippen LogP contribution in [-0.4, -0.2) is 4.98 Å². The summed E-state index contributed by atoms with van der Waals surface area (Å²) in [6, 6.07) is 0. The molecule has 0 atom stereocenters. The highest BCUT2D eigenvalue weighted by atomic mass is 32.1. The Kier molecular flexibility index (Phi) is 3.79. The first-order chi connectivity index (χ1) is 10.6. The van der Waals surface area contributed by atoms with Crippen molar-refractivity contribution in [3.8, 4) is 0 Å². The zero-order valence-corrected chi connectivity index (χ0v) is 16.5. The monoisotopic (exact) mass is 325 g/mol. The van der Waals surface area contributed by atoms with Gasteiger partial charge in [0, 0.05) is 16.3 Å². The number of pyridine rings is 1. The second-order valence-corrected chi connectivity index (χ2v) is 9.16. The lowest BCUT2D eigenvalue weighted by atomic mass is 9.82. The summed E-state index contributed by atoms with van der Waals surface area (Å²) in [7, 11) is 0. The molecular formula is C21H27NS. The molecule has 122 valence electrons. The maximum atomic E-state index is 4.81. The van der Waals surface area contributed by atoms with Crippen molar-refractivity contribution >= 4 is 31.6 Å². The van der Waals surface area contributed by atoms with Crippen LogP contribution in [0.5, 0.6) is 0 Å². The van der Waals surface area contributed by atoms with Crippen LogP contribution in [0.25, 0.3) is 20.3 Å². The molecule has 0 radical (unpaired) electrons. The number of nitrogens with zero attached hydrogens (tertiary/aromatic N) is 1. The van der Waals surface area contributed by atoms with E-state index < -0.39 is 0 Å². The molecule has 2 heterocycles. The predicted octanol–water partition coefficient (Wildman–Crippen LogP) is 6.58. The van der Waals surface area contributed by atoms with Crippen LogP contribution in [0.2, 0.25) is 0 Å². The molecule has 0 fully saturated rings. The maximum Gasteiger partial charge on any atom is 0.0894 e. The molecule has 0 amide bonds. The number of hydrogen-bond donors (Lipinski definition) is 0. The van der Waals surface area contributed by atoms with Crippen LogP contribution in [0, 0.1) is 40.0 Å². The molecule has 1 nitrogen and oxygen atoms in total. The van der Waals surface area contributed by atoms with Crippen LogP contribution < -0.4 is 0 Å². The fourth-order valence-electron chi connectivity index (χ4n) is 3.47. The van der Waals surface area contributed by atoms with Crippen molar-refractivity contribution in [3.63, 3.8) is 0 Å². The van der Waals surface area contributed by atoms with Gasteiger partial charge >= 0.3 is 0 Å². The third-order valence-corrected chi connectivity index (χ3v) is 6.51. The van der Waals surface area contributed by atoms with Crippen molar-refractivity contribution in [2.24, 2.45) is 5.41 Å². The molecule has 2 heteroatoms. The van der Waals surface area contributed by atoms with E-state index in [-0.39, 0.29) is 0 Å². The third-order valence-electron chi connectivity index (χ3n) is 5.09. The normalized spacial score (nSPS) is 12.5. The van der Waals surface area contributed by atoms with Gasteiger partial charge in [0.05, 0.1) is 10.2 Å². The summed E-state index contributed by atoms with van der Waals surface area (Å²) >= 11 is 1.92. The van der Waals surface area contributed by atoms with Gasteiger partial charge in [-0.1, -0.05) is 20.8 Å². The highest BCUT2D eigenvalue weighted by Crippen LogP contribution is 2.42. The van der Waals surface area contributed by atoms with E-state index in [0.717, 1.165) is 6.42 Å². The molecule has 0 saturated heterocycles. The smallest absolute Gasteiger partial charge is 0.0894 e. The summed E-state index contributed by atoms with van der Waals surface area (Å²) in [5.41, 5.74) is 10.00. The van der Waals surface area contributed by atoms with Crippen molar-refractivity contribution < 1.29 is 0 Å². The minimum atomic E-state index is 0.293. The Morgan fingerprint density at radius 1 is 0.870 bits per heavy atom. The molecule has 0 spiro atoms. The molecule has 0 saturated carbocycles. The van der Waals surface area contributed by atoms with E-state index in [1.165, 1.54) is 53.7 Å². The Hall–Kier alpha value is -1.41. The number of thiophene rings is 1. The molecule has 0 N–H and O–H groups in total. The standard InChI is InChI=1S/C21H27NS/c1-11-10-22-18-17-15(5)16(9-21(6,7)8)13(3)14(4)19(17)23-20(18)12(11)2/h10H,9H2,1-8H3. The number of benzene rings is 1. The van der Waals surface area contributed by atoms with Gasteiger partial charge in [0.15, 0.2) is 0 Å². The van der Waals surface area contributed by atoms with E-state index in [1.54, 1.807) is 0 Å². The number of aryl methyl sites for hydroxylation is 4. The summed E-state index contributed by atoms with van der Waals surface area (Å²) in [6.07, 6.45) is 3.14. The number of rotatable bonds is 1. The van der Waals surface area contributed by atoms with Crippen molar-refractivity contribution in [1.82, 2.24) is 4.98 Å². The summed E-state index contributed by atoms with van der Waals surface area (Å²) in [4.78, 5) is 4.81. The quantitative estimate of drug-likeness (QED) is 0.492. The molecular weight excluding hydrogens is 298 g/mol. The molecule has 0 bridgehead atoms. The molecule has 3 rings (SSSR count). The minimum Gasteiger partial charge on any atom is -0.254 e. The van der Waals surface area contributed by atoms with Gasteiger partial charge in [0.2, 0.25) is 0 Å². The molecule has 23 heavy (non-hydrogen) atoms. The van der Waals surface area contributed by atoms with E-state index in [9.17, 15) is 0 Å². The van der Waals surface area contributed by atoms with Gasteiger partial charge in [-0.25, -0.2) is 0 Å². The first kappa shape index (κ1) is 16.4. The van der Waals surface area contributed by atoms with Crippen LogP contribution in [0.1, 0.15) is 54.2 Å². The number of aromatic nitrogens is 1. The highest BCUT2D eigenvalue weighted by Gasteiger charge is 2.21. The highest BCUT2D eigenvalue weighted by molar-refractivity contribution is 7.26. The third kappa shape index (κ3) is 2.57. The maximum absolute atomic E-state index is 4.81. The summed E-state index contributed by atoms with van der Waals surface area (Å²) in [5.74, 6) is 0.